The van der Waals surface area contributed by atoms with Crippen molar-refractivity contribution in [2.24, 2.45) is 0 Å². The van der Waals surface area contributed by atoms with Crippen LogP contribution in [-0.2, 0) is 0 Å². The topological polar surface area (TPSA) is 55.1 Å². The van der Waals surface area contributed by atoms with Crippen molar-refractivity contribution in [2.75, 3.05) is 5.73 Å². The molecule has 0 fully saturated rings. The lowest BCUT2D eigenvalue weighted by atomic mass is 10.0. The highest BCUT2D eigenvalue weighted by atomic mass is 16.1. The number of unbranched alkanes of at least 4 members (excludes halogenated alkanes) is 3. The van der Waals surface area contributed by atoms with Crippen molar-refractivity contribution in [1.82, 2.24) is 5.32 Å². The maximum absolute atomic E-state index is 12.2. The van der Waals surface area contributed by atoms with Crippen LogP contribution in [0.15, 0.2) is 18.2 Å². The van der Waals surface area contributed by atoms with Crippen LogP contribution < -0.4 is 11.1 Å². The van der Waals surface area contributed by atoms with Gasteiger partial charge < -0.3 is 11.1 Å². The lowest BCUT2D eigenvalue weighted by Crippen LogP contribution is -2.33. The summed E-state index contributed by atoms with van der Waals surface area (Å²) < 4.78 is 0. The predicted molar refractivity (Wildman–Crippen MR) is 81.3 cm³/mol. The van der Waals surface area contributed by atoms with Crippen LogP contribution in [0.1, 0.15) is 61.9 Å². The summed E-state index contributed by atoms with van der Waals surface area (Å²) in [5, 5.41) is 3.04. The Morgan fingerprint density at radius 2 is 2.05 bits per heavy atom. The van der Waals surface area contributed by atoms with Crippen molar-refractivity contribution < 1.29 is 4.79 Å². The molecule has 1 aromatic carbocycles. The highest BCUT2D eigenvalue weighted by molar-refractivity contribution is 6.00. The van der Waals surface area contributed by atoms with Gasteiger partial charge in [-0.3, -0.25) is 4.79 Å². The number of carbonyl (C=O) groups is 1. The van der Waals surface area contributed by atoms with Gasteiger partial charge >= 0.3 is 0 Å². The van der Waals surface area contributed by atoms with Crippen LogP contribution in [0.25, 0.3) is 0 Å². The Hall–Kier alpha value is -1.51. The molecular formula is C16H26N2O. The lowest BCUT2D eigenvalue weighted by molar-refractivity contribution is 0.0938. The Kier molecular flexibility index (Phi) is 6.40. The minimum Gasteiger partial charge on any atom is -0.398 e. The number of nitrogens with two attached hydrogens (primary N) is 1. The smallest absolute Gasteiger partial charge is 0.253 e. The normalized spacial score (nSPS) is 12.2. The number of benzene rings is 1. The molecule has 0 heterocycles. The average molecular weight is 262 g/mol. The van der Waals surface area contributed by atoms with Crippen LogP contribution in [0.5, 0.6) is 0 Å². The number of rotatable bonds is 7. The number of hydrogen-bond donors (Lipinski definition) is 2. The zero-order valence-corrected chi connectivity index (χ0v) is 12.3. The highest BCUT2D eigenvalue weighted by Gasteiger charge is 2.14. The molecular weight excluding hydrogens is 236 g/mol. The standard InChI is InChI=1S/C16H26N2O/c1-4-5-6-7-10-13(3)18-16(19)15-12(2)9-8-11-14(15)17/h8-9,11,13H,4-7,10,17H2,1-3H3,(H,18,19). The molecule has 3 nitrogen and oxygen atoms in total. The Bertz CT molecular complexity index is 395. The van der Waals surface area contributed by atoms with Crippen molar-refractivity contribution in [3.8, 4) is 0 Å². The van der Waals surface area contributed by atoms with Crippen molar-refractivity contribution in [2.45, 2.75) is 58.9 Å². The molecule has 106 valence electrons. The molecule has 0 saturated heterocycles. The first kappa shape index (κ1) is 15.5. The van der Waals surface area contributed by atoms with E-state index in [-0.39, 0.29) is 11.9 Å². The molecule has 0 bridgehead atoms. The van der Waals surface area contributed by atoms with E-state index in [9.17, 15) is 4.79 Å². The molecule has 0 spiro atoms. The number of anilines is 1. The minimum atomic E-state index is -0.0569. The van der Waals surface area contributed by atoms with E-state index in [4.69, 9.17) is 5.73 Å². The molecule has 1 unspecified atom stereocenters. The number of nitrogen functional groups attached to an aromatic ring is 1. The van der Waals surface area contributed by atoms with Crippen LogP contribution >= 0.6 is 0 Å². The second-order valence-electron chi connectivity index (χ2n) is 5.26. The second-order valence-corrected chi connectivity index (χ2v) is 5.26. The number of nitrogens with one attached hydrogen (secondary N) is 1. The van der Waals surface area contributed by atoms with E-state index in [0.717, 1.165) is 12.0 Å². The Morgan fingerprint density at radius 1 is 1.32 bits per heavy atom. The van der Waals surface area contributed by atoms with Crippen LogP contribution in [0.3, 0.4) is 0 Å². The van der Waals surface area contributed by atoms with E-state index >= 15 is 0 Å². The second kappa shape index (κ2) is 7.82. The molecule has 19 heavy (non-hydrogen) atoms. The van der Waals surface area contributed by atoms with Crippen molar-refractivity contribution in [3.63, 3.8) is 0 Å². The third kappa shape index (κ3) is 4.93. The first-order valence-corrected chi connectivity index (χ1v) is 7.22. The first-order valence-electron chi connectivity index (χ1n) is 7.22. The van der Waals surface area contributed by atoms with Gasteiger partial charge in [0.25, 0.3) is 5.91 Å². The molecule has 1 aromatic rings. The number of amides is 1. The maximum atomic E-state index is 12.2. The van der Waals surface area contributed by atoms with E-state index in [1.54, 1.807) is 6.07 Å². The fourth-order valence-corrected chi connectivity index (χ4v) is 2.25. The van der Waals surface area contributed by atoms with E-state index in [1.165, 1.54) is 25.7 Å². The maximum Gasteiger partial charge on any atom is 0.253 e. The quantitative estimate of drug-likeness (QED) is 0.582. The summed E-state index contributed by atoms with van der Waals surface area (Å²) in [6, 6.07) is 5.75. The van der Waals surface area contributed by atoms with Gasteiger partial charge in [-0.1, -0.05) is 44.7 Å². The fraction of sp³-hybridized carbons (Fsp3) is 0.562. The molecule has 3 heteroatoms. The lowest BCUT2D eigenvalue weighted by Gasteiger charge is -2.16. The van der Waals surface area contributed by atoms with Gasteiger partial charge in [-0.25, -0.2) is 0 Å². The van der Waals surface area contributed by atoms with Gasteiger partial charge in [-0.15, -0.1) is 0 Å². The van der Waals surface area contributed by atoms with Gasteiger partial charge in [0.05, 0.1) is 5.56 Å². The van der Waals surface area contributed by atoms with E-state index < -0.39 is 0 Å². The monoisotopic (exact) mass is 262 g/mol. The van der Waals surface area contributed by atoms with Crippen LogP contribution in [0.2, 0.25) is 0 Å². The molecule has 3 N–H and O–H groups in total. The summed E-state index contributed by atoms with van der Waals surface area (Å²) in [5.41, 5.74) is 7.97. The van der Waals surface area contributed by atoms with Crippen LogP contribution in [0.4, 0.5) is 5.69 Å². The minimum absolute atomic E-state index is 0.0569. The Balaban J connectivity index is 2.50. The van der Waals surface area contributed by atoms with E-state index in [1.807, 2.05) is 19.1 Å². The van der Waals surface area contributed by atoms with E-state index in [2.05, 4.69) is 19.2 Å². The van der Waals surface area contributed by atoms with Gasteiger partial charge in [0.2, 0.25) is 0 Å². The van der Waals surface area contributed by atoms with Crippen molar-refractivity contribution in [1.29, 1.82) is 0 Å². The molecule has 0 aliphatic rings. The average Bonchev–Trinajstić information content (AvgIpc) is 2.34. The summed E-state index contributed by atoms with van der Waals surface area (Å²) in [4.78, 5) is 12.2. The molecule has 1 amide bonds. The van der Waals surface area contributed by atoms with E-state index in [0.29, 0.717) is 11.3 Å². The summed E-state index contributed by atoms with van der Waals surface area (Å²) in [6.07, 6.45) is 5.94. The first-order chi connectivity index (χ1) is 9.06. The van der Waals surface area contributed by atoms with Gasteiger partial charge in [-0.05, 0) is 31.9 Å². The SMILES string of the molecule is CCCCCCC(C)NC(=O)c1c(C)cccc1N. The fourth-order valence-electron chi connectivity index (χ4n) is 2.25. The largest absolute Gasteiger partial charge is 0.398 e. The van der Waals surface area contributed by atoms with Crippen molar-refractivity contribution >= 4 is 11.6 Å². The third-order valence-corrected chi connectivity index (χ3v) is 3.40. The molecule has 1 atom stereocenters. The zero-order chi connectivity index (χ0) is 14.3. The Morgan fingerprint density at radius 3 is 2.68 bits per heavy atom. The molecule has 1 rings (SSSR count). The van der Waals surface area contributed by atoms with Crippen LogP contribution in [0, 0.1) is 6.92 Å². The predicted octanol–water partition coefficient (Wildman–Crippen LogP) is 3.67. The molecule has 0 aromatic heterocycles. The van der Waals surface area contributed by atoms with Gasteiger partial charge in [-0.2, -0.15) is 0 Å². The van der Waals surface area contributed by atoms with Gasteiger partial charge in [0.15, 0.2) is 0 Å². The molecule has 0 radical (unpaired) electrons. The van der Waals surface area contributed by atoms with Crippen molar-refractivity contribution in [3.05, 3.63) is 29.3 Å². The molecule has 0 aliphatic heterocycles. The number of aryl methyl sites for hydroxylation is 1. The summed E-state index contributed by atoms with van der Waals surface area (Å²) >= 11 is 0. The highest BCUT2D eigenvalue weighted by Crippen LogP contribution is 2.16. The Labute approximate surface area is 116 Å². The van der Waals surface area contributed by atoms with Gasteiger partial charge in [0.1, 0.15) is 0 Å². The third-order valence-electron chi connectivity index (χ3n) is 3.40. The number of hydrogen-bond acceptors (Lipinski definition) is 2. The van der Waals surface area contributed by atoms with Gasteiger partial charge in [0, 0.05) is 11.7 Å². The number of carbonyl (C=O) groups excluding carboxylic acids is 1. The van der Waals surface area contributed by atoms with Crippen LogP contribution in [-0.4, -0.2) is 11.9 Å². The molecule has 0 saturated carbocycles. The summed E-state index contributed by atoms with van der Waals surface area (Å²) in [7, 11) is 0. The summed E-state index contributed by atoms with van der Waals surface area (Å²) in [6.45, 7) is 6.17. The summed E-state index contributed by atoms with van der Waals surface area (Å²) in [5.74, 6) is -0.0569. The molecule has 0 aliphatic carbocycles. The zero-order valence-electron chi connectivity index (χ0n) is 12.3.